The van der Waals surface area contributed by atoms with Gasteiger partial charge >= 0.3 is 5.97 Å². The summed E-state index contributed by atoms with van der Waals surface area (Å²) in [7, 11) is 1.35. The highest BCUT2D eigenvalue weighted by Gasteiger charge is 2.68. The van der Waals surface area contributed by atoms with E-state index in [0.717, 1.165) is 16.8 Å². The maximum atomic E-state index is 14.0. The lowest BCUT2D eigenvalue weighted by Gasteiger charge is -2.42. The fourth-order valence-electron chi connectivity index (χ4n) is 5.85. The van der Waals surface area contributed by atoms with Gasteiger partial charge in [-0.25, -0.2) is 4.90 Å². The summed E-state index contributed by atoms with van der Waals surface area (Å²) in [5.74, 6) is -2.32. The SMILES string of the molecule is COC(=O)C[C@]1(C)[C@@H]2C(=O)N(c3ccccc3)C(=O)[C@@H]2[C@@H](c2ccc(C)cc2)N1c1ccccc1. The molecule has 6 heteroatoms. The summed E-state index contributed by atoms with van der Waals surface area (Å²) in [4.78, 5) is 44.2. The standard InChI is InChI=1S/C29H28N2O4/c1-19-14-16-20(17-15-19)26-24-25(28(34)30(27(24)33)21-10-6-4-7-11-21)29(2,18-23(32)35-3)31(26)22-12-8-5-9-13-22/h4-17,24-26H,18H2,1-3H3/t24-,25-,26+,29+/m0/s1. The highest BCUT2D eigenvalue weighted by Crippen LogP contribution is 2.58. The fraction of sp³-hybridized carbons (Fsp3) is 0.276. The zero-order valence-electron chi connectivity index (χ0n) is 20.0. The number of esters is 1. The third kappa shape index (κ3) is 3.60. The van der Waals surface area contributed by atoms with E-state index < -0.39 is 29.4 Å². The predicted octanol–water partition coefficient (Wildman–Crippen LogP) is 4.68. The number of fused-ring (bicyclic) bond motifs is 1. The average molecular weight is 469 g/mol. The topological polar surface area (TPSA) is 66.9 Å². The van der Waals surface area contributed by atoms with Gasteiger partial charge in [0.1, 0.15) is 0 Å². The Morgan fingerprint density at radius 1 is 0.857 bits per heavy atom. The number of ether oxygens (including phenoxy) is 1. The first-order valence-electron chi connectivity index (χ1n) is 11.8. The van der Waals surface area contributed by atoms with Crippen molar-refractivity contribution in [2.45, 2.75) is 31.8 Å². The summed E-state index contributed by atoms with van der Waals surface area (Å²) in [5, 5.41) is 0. The molecule has 178 valence electrons. The highest BCUT2D eigenvalue weighted by molar-refractivity contribution is 6.23. The van der Waals surface area contributed by atoms with Crippen molar-refractivity contribution < 1.29 is 19.1 Å². The van der Waals surface area contributed by atoms with Crippen molar-refractivity contribution >= 4 is 29.2 Å². The number of rotatable bonds is 5. The molecule has 0 spiro atoms. The van der Waals surface area contributed by atoms with Crippen LogP contribution < -0.4 is 9.80 Å². The van der Waals surface area contributed by atoms with E-state index in [1.165, 1.54) is 12.0 Å². The number of nitrogens with zero attached hydrogens (tertiary/aromatic N) is 2. The van der Waals surface area contributed by atoms with Crippen molar-refractivity contribution in [1.82, 2.24) is 0 Å². The van der Waals surface area contributed by atoms with Crippen LogP contribution in [0.3, 0.4) is 0 Å². The average Bonchev–Trinajstić information content (AvgIpc) is 3.29. The number of carbonyl (C=O) groups is 3. The zero-order chi connectivity index (χ0) is 24.7. The number of imide groups is 1. The molecule has 0 unspecified atom stereocenters. The molecule has 6 nitrogen and oxygen atoms in total. The Morgan fingerprint density at radius 2 is 1.43 bits per heavy atom. The van der Waals surface area contributed by atoms with Gasteiger partial charge < -0.3 is 9.64 Å². The number of methoxy groups -OCH3 is 1. The number of hydrogen-bond donors (Lipinski definition) is 0. The minimum absolute atomic E-state index is 0.0242. The van der Waals surface area contributed by atoms with Gasteiger partial charge in [-0.2, -0.15) is 0 Å². The zero-order valence-corrected chi connectivity index (χ0v) is 20.0. The van der Waals surface area contributed by atoms with E-state index in [2.05, 4.69) is 4.90 Å². The summed E-state index contributed by atoms with van der Waals surface area (Å²) in [6.45, 7) is 3.92. The molecule has 0 aromatic heterocycles. The molecular weight excluding hydrogens is 440 g/mol. The highest BCUT2D eigenvalue weighted by atomic mass is 16.5. The minimum Gasteiger partial charge on any atom is -0.469 e. The van der Waals surface area contributed by atoms with E-state index in [0.29, 0.717) is 5.69 Å². The Morgan fingerprint density at radius 3 is 2.00 bits per heavy atom. The second-order valence-corrected chi connectivity index (χ2v) is 9.52. The summed E-state index contributed by atoms with van der Waals surface area (Å²) >= 11 is 0. The molecule has 0 bridgehead atoms. The Balaban J connectivity index is 1.73. The van der Waals surface area contributed by atoms with Gasteiger partial charge in [0, 0.05) is 5.69 Å². The van der Waals surface area contributed by atoms with Crippen LogP contribution in [0.4, 0.5) is 11.4 Å². The maximum Gasteiger partial charge on any atom is 0.307 e. The van der Waals surface area contributed by atoms with Gasteiger partial charge in [-0.1, -0.05) is 66.2 Å². The van der Waals surface area contributed by atoms with Gasteiger partial charge in [0.2, 0.25) is 11.8 Å². The first-order valence-corrected chi connectivity index (χ1v) is 11.8. The van der Waals surface area contributed by atoms with Crippen LogP contribution in [0.25, 0.3) is 0 Å². The molecule has 0 N–H and O–H groups in total. The van der Waals surface area contributed by atoms with E-state index in [-0.39, 0.29) is 18.2 Å². The summed E-state index contributed by atoms with van der Waals surface area (Å²) in [5.41, 5.74) is 2.45. The van der Waals surface area contributed by atoms with Crippen molar-refractivity contribution in [3.63, 3.8) is 0 Å². The quantitative estimate of drug-likeness (QED) is 0.402. The Labute approximate surface area is 205 Å². The first kappa shape index (κ1) is 22.8. The van der Waals surface area contributed by atoms with E-state index in [4.69, 9.17) is 4.74 Å². The smallest absolute Gasteiger partial charge is 0.307 e. The lowest BCUT2D eigenvalue weighted by molar-refractivity contribution is -0.142. The Kier molecular flexibility index (Phi) is 5.67. The van der Waals surface area contributed by atoms with Crippen molar-refractivity contribution in [3.05, 3.63) is 96.1 Å². The van der Waals surface area contributed by atoms with E-state index in [1.807, 2.05) is 86.6 Å². The molecule has 2 fully saturated rings. The summed E-state index contributed by atoms with van der Waals surface area (Å²) in [6.07, 6.45) is -0.0242. The molecule has 3 aromatic rings. The second kappa shape index (κ2) is 8.69. The number of benzene rings is 3. The van der Waals surface area contributed by atoms with Crippen LogP contribution in [-0.4, -0.2) is 30.4 Å². The Hall–Kier alpha value is -3.93. The van der Waals surface area contributed by atoms with Crippen molar-refractivity contribution in [2.24, 2.45) is 11.8 Å². The molecule has 0 saturated carbocycles. The summed E-state index contributed by atoms with van der Waals surface area (Å²) < 4.78 is 5.06. The molecule has 0 radical (unpaired) electrons. The second-order valence-electron chi connectivity index (χ2n) is 9.52. The van der Waals surface area contributed by atoms with Gasteiger partial charge in [-0.05, 0) is 43.7 Å². The van der Waals surface area contributed by atoms with E-state index in [1.54, 1.807) is 12.1 Å². The Bertz CT molecular complexity index is 1260. The number of aryl methyl sites for hydroxylation is 1. The molecule has 4 atom stereocenters. The monoisotopic (exact) mass is 468 g/mol. The van der Waals surface area contributed by atoms with Crippen LogP contribution in [0.15, 0.2) is 84.9 Å². The molecule has 3 aromatic carbocycles. The number of carbonyl (C=O) groups excluding carboxylic acids is 3. The predicted molar refractivity (Wildman–Crippen MR) is 134 cm³/mol. The number of hydrogen-bond acceptors (Lipinski definition) is 5. The first-order chi connectivity index (χ1) is 16.9. The van der Waals surface area contributed by atoms with Gasteiger partial charge in [0.05, 0.1) is 42.6 Å². The molecule has 0 aliphatic carbocycles. The van der Waals surface area contributed by atoms with Crippen LogP contribution >= 0.6 is 0 Å². The van der Waals surface area contributed by atoms with Crippen LogP contribution in [-0.2, 0) is 19.1 Å². The van der Waals surface area contributed by atoms with Crippen molar-refractivity contribution in [2.75, 3.05) is 16.9 Å². The van der Waals surface area contributed by atoms with Gasteiger partial charge in [-0.15, -0.1) is 0 Å². The third-order valence-electron chi connectivity index (χ3n) is 7.39. The fourth-order valence-corrected chi connectivity index (χ4v) is 5.85. The van der Waals surface area contributed by atoms with Gasteiger partial charge in [0.15, 0.2) is 0 Å². The van der Waals surface area contributed by atoms with E-state index >= 15 is 0 Å². The van der Waals surface area contributed by atoms with Crippen molar-refractivity contribution in [3.8, 4) is 0 Å². The lowest BCUT2D eigenvalue weighted by atomic mass is 9.78. The molecule has 2 aliphatic heterocycles. The molecule has 5 rings (SSSR count). The molecule has 35 heavy (non-hydrogen) atoms. The van der Waals surface area contributed by atoms with E-state index in [9.17, 15) is 14.4 Å². The number of para-hydroxylation sites is 2. The molecule has 2 heterocycles. The maximum absolute atomic E-state index is 14.0. The van der Waals surface area contributed by atoms with Crippen molar-refractivity contribution in [1.29, 1.82) is 0 Å². The summed E-state index contributed by atoms with van der Waals surface area (Å²) in [6, 6.07) is 26.3. The normalized spacial score (nSPS) is 25.6. The van der Waals surface area contributed by atoms with Crippen LogP contribution in [0.1, 0.15) is 30.5 Å². The minimum atomic E-state index is -0.981. The molecule has 2 amide bonds. The van der Waals surface area contributed by atoms with Gasteiger partial charge in [0.25, 0.3) is 0 Å². The number of amides is 2. The lowest BCUT2D eigenvalue weighted by Crippen LogP contribution is -2.52. The molecule has 2 aliphatic rings. The third-order valence-corrected chi connectivity index (χ3v) is 7.39. The van der Waals surface area contributed by atoms with Crippen LogP contribution in [0, 0.1) is 18.8 Å². The van der Waals surface area contributed by atoms with Crippen LogP contribution in [0.2, 0.25) is 0 Å². The number of anilines is 2. The molecule has 2 saturated heterocycles. The molecular formula is C29H28N2O4. The van der Waals surface area contributed by atoms with Crippen LogP contribution in [0.5, 0.6) is 0 Å². The largest absolute Gasteiger partial charge is 0.469 e. The van der Waals surface area contributed by atoms with Gasteiger partial charge in [-0.3, -0.25) is 14.4 Å².